The van der Waals surface area contributed by atoms with E-state index in [9.17, 15) is 0 Å². The number of halogens is 1. The minimum atomic E-state index is 0.161. The lowest BCUT2D eigenvalue weighted by Gasteiger charge is -2.18. The van der Waals surface area contributed by atoms with Gasteiger partial charge in [-0.25, -0.2) is 0 Å². The summed E-state index contributed by atoms with van der Waals surface area (Å²) in [5.41, 5.74) is 2.33. The average Bonchev–Trinajstić information content (AvgIpc) is 2.78. The molecular weight excluding hydrogens is 264 g/mol. The van der Waals surface area contributed by atoms with Crippen LogP contribution in [0.4, 0.5) is 0 Å². The zero-order chi connectivity index (χ0) is 13.0. The molecule has 0 saturated carbocycles. The SMILES string of the molecule is CCCNC(c1ccc(Cl)cn1)c1ccsc1C. The fourth-order valence-corrected chi connectivity index (χ4v) is 2.77. The lowest BCUT2D eigenvalue weighted by Crippen LogP contribution is -2.24. The smallest absolute Gasteiger partial charge is 0.0762 e. The van der Waals surface area contributed by atoms with E-state index in [-0.39, 0.29) is 6.04 Å². The number of aryl methyl sites for hydroxylation is 1. The monoisotopic (exact) mass is 280 g/mol. The highest BCUT2D eigenvalue weighted by Crippen LogP contribution is 2.27. The van der Waals surface area contributed by atoms with Gasteiger partial charge >= 0.3 is 0 Å². The first-order chi connectivity index (χ1) is 8.72. The van der Waals surface area contributed by atoms with E-state index in [1.807, 2.05) is 12.1 Å². The van der Waals surface area contributed by atoms with Gasteiger partial charge in [0.2, 0.25) is 0 Å². The van der Waals surface area contributed by atoms with E-state index < -0.39 is 0 Å². The molecule has 0 aliphatic rings. The topological polar surface area (TPSA) is 24.9 Å². The number of pyridine rings is 1. The van der Waals surface area contributed by atoms with Crippen LogP contribution in [0.1, 0.15) is 35.5 Å². The second kappa shape index (κ2) is 6.32. The van der Waals surface area contributed by atoms with E-state index in [0.29, 0.717) is 5.02 Å². The maximum absolute atomic E-state index is 5.90. The van der Waals surface area contributed by atoms with E-state index in [1.54, 1.807) is 17.5 Å². The van der Waals surface area contributed by atoms with Gasteiger partial charge in [0.15, 0.2) is 0 Å². The molecule has 2 nitrogen and oxygen atoms in total. The van der Waals surface area contributed by atoms with Crippen molar-refractivity contribution in [3.63, 3.8) is 0 Å². The molecule has 4 heteroatoms. The third kappa shape index (κ3) is 3.10. The number of rotatable bonds is 5. The van der Waals surface area contributed by atoms with E-state index in [1.165, 1.54) is 10.4 Å². The summed E-state index contributed by atoms with van der Waals surface area (Å²) in [5.74, 6) is 0. The lowest BCUT2D eigenvalue weighted by atomic mass is 10.0. The summed E-state index contributed by atoms with van der Waals surface area (Å²) in [5, 5.41) is 6.35. The largest absolute Gasteiger partial charge is 0.305 e. The highest BCUT2D eigenvalue weighted by atomic mass is 35.5. The summed E-state index contributed by atoms with van der Waals surface area (Å²) in [6, 6.07) is 6.22. The Labute approximate surface area is 117 Å². The van der Waals surface area contributed by atoms with Crippen LogP contribution in [0.2, 0.25) is 5.02 Å². The van der Waals surface area contributed by atoms with Gasteiger partial charge < -0.3 is 5.32 Å². The van der Waals surface area contributed by atoms with Crippen molar-refractivity contribution in [1.29, 1.82) is 0 Å². The van der Waals surface area contributed by atoms with Crippen LogP contribution >= 0.6 is 22.9 Å². The van der Waals surface area contributed by atoms with Crippen LogP contribution in [0, 0.1) is 6.92 Å². The average molecular weight is 281 g/mol. The third-order valence-electron chi connectivity index (χ3n) is 2.85. The highest BCUT2D eigenvalue weighted by molar-refractivity contribution is 7.10. The quantitative estimate of drug-likeness (QED) is 0.888. The maximum Gasteiger partial charge on any atom is 0.0762 e. The molecule has 1 atom stereocenters. The van der Waals surface area contributed by atoms with Crippen LogP contribution in [0.3, 0.4) is 0 Å². The molecule has 0 amide bonds. The maximum atomic E-state index is 5.90. The zero-order valence-electron chi connectivity index (χ0n) is 10.6. The van der Waals surface area contributed by atoms with Crippen molar-refractivity contribution in [2.24, 2.45) is 0 Å². The van der Waals surface area contributed by atoms with Crippen molar-refractivity contribution in [3.05, 3.63) is 50.9 Å². The van der Waals surface area contributed by atoms with E-state index >= 15 is 0 Å². The predicted molar refractivity (Wildman–Crippen MR) is 78.4 cm³/mol. The first kappa shape index (κ1) is 13.5. The molecule has 1 N–H and O–H groups in total. The third-order valence-corrected chi connectivity index (χ3v) is 3.94. The number of nitrogens with zero attached hydrogens (tertiary/aromatic N) is 1. The second-order valence-electron chi connectivity index (χ2n) is 4.22. The molecule has 0 radical (unpaired) electrons. The molecule has 2 aromatic rings. The van der Waals surface area contributed by atoms with Crippen molar-refractivity contribution >= 4 is 22.9 Å². The zero-order valence-corrected chi connectivity index (χ0v) is 12.2. The van der Waals surface area contributed by atoms with E-state index in [0.717, 1.165) is 18.7 Å². The molecule has 0 aliphatic heterocycles. The van der Waals surface area contributed by atoms with Crippen LogP contribution in [0.5, 0.6) is 0 Å². The Morgan fingerprint density at radius 2 is 2.22 bits per heavy atom. The number of hydrogen-bond acceptors (Lipinski definition) is 3. The molecular formula is C14H17ClN2S. The van der Waals surface area contributed by atoms with Crippen LogP contribution < -0.4 is 5.32 Å². The van der Waals surface area contributed by atoms with Crippen molar-refractivity contribution in [2.75, 3.05) is 6.54 Å². The van der Waals surface area contributed by atoms with Gasteiger partial charge in [-0.2, -0.15) is 0 Å². The molecule has 0 fully saturated rings. The number of aromatic nitrogens is 1. The molecule has 0 spiro atoms. The van der Waals surface area contributed by atoms with E-state index in [4.69, 9.17) is 11.6 Å². The Hall–Kier alpha value is -0.900. The Kier molecular flexibility index (Phi) is 4.75. The van der Waals surface area contributed by atoms with Gasteiger partial charge in [-0.1, -0.05) is 18.5 Å². The molecule has 0 saturated heterocycles. The highest BCUT2D eigenvalue weighted by Gasteiger charge is 2.17. The Bertz CT molecular complexity index is 493. The Morgan fingerprint density at radius 1 is 1.39 bits per heavy atom. The van der Waals surface area contributed by atoms with Gasteiger partial charge in [0.25, 0.3) is 0 Å². The molecule has 2 heterocycles. The molecule has 96 valence electrons. The first-order valence-electron chi connectivity index (χ1n) is 6.11. The van der Waals surface area contributed by atoms with Crippen LogP contribution in [0.25, 0.3) is 0 Å². The number of hydrogen-bond donors (Lipinski definition) is 1. The summed E-state index contributed by atoms with van der Waals surface area (Å²) >= 11 is 7.67. The fraction of sp³-hybridized carbons (Fsp3) is 0.357. The van der Waals surface area contributed by atoms with Crippen LogP contribution in [-0.2, 0) is 0 Å². The minimum absolute atomic E-state index is 0.161. The van der Waals surface area contributed by atoms with Gasteiger partial charge in [-0.15, -0.1) is 11.3 Å². The summed E-state index contributed by atoms with van der Waals surface area (Å²) in [7, 11) is 0. The number of nitrogens with one attached hydrogen (secondary N) is 1. The summed E-state index contributed by atoms with van der Waals surface area (Å²) in [4.78, 5) is 5.77. The molecule has 0 bridgehead atoms. The fourth-order valence-electron chi connectivity index (χ4n) is 1.91. The second-order valence-corrected chi connectivity index (χ2v) is 5.78. The predicted octanol–water partition coefficient (Wildman–Crippen LogP) is 4.19. The molecule has 0 aliphatic carbocycles. The van der Waals surface area contributed by atoms with Crippen LogP contribution in [0.15, 0.2) is 29.8 Å². The summed E-state index contributed by atoms with van der Waals surface area (Å²) < 4.78 is 0. The summed E-state index contributed by atoms with van der Waals surface area (Å²) in [6.45, 7) is 5.29. The summed E-state index contributed by atoms with van der Waals surface area (Å²) in [6.07, 6.45) is 2.81. The van der Waals surface area contributed by atoms with Gasteiger partial charge in [0.05, 0.1) is 16.8 Å². The van der Waals surface area contributed by atoms with Crippen molar-refractivity contribution in [2.45, 2.75) is 26.3 Å². The van der Waals surface area contributed by atoms with E-state index in [2.05, 4.69) is 35.6 Å². The molecule has 18 heavy (non-hydrogen) atoms. The molecule has 2 rings (SSSR count). The van der Waals surface area contributed by atoms with Gasteiger partial charge in [-0.3, -0.25) is 4.98 Å². The lowest BCUT2D eigenvalue weighted by molar-refractivity contribution is 0.586. The van der Waals surface area contributed by atoms with Crippen molar-refractivity contribution < 1.29 is 0 Å². The molecule has 1 unspecified atom stereocenters. The van der Waals surface area contributed by atoms with Gasteiger partial charge in [-0.05, 0) is 49.0 Å². The molecule has 2 aromatic heterocycles. The Balaban J connectivity index is 2.30. The van der Waals surface area contributed by atoms with Crippen molar-refractivity contribution in [3.8, 4) is 0 Å². The molecule has 0 aromatic carbocycles. The van der Waals surface area contributed by atoms with Crippen LogP contribution in [-0.4, -0.2) is 11.5 Å². The van der Waals surface area contributed by atoms with Crippen molar-refractivity contribution in [1.82, 2.24) is 10.3 Å². The number of thiophene rings is 1. The standard InChI is InChI=1S/C14H17ClN2S/c1-3-7-16-14(12-6-8-18-10(12)2)13-5-4-11(15)9-17-13/h4-6,8-9,14,16H,3,7H2,1-2H3. The van der Waals surface area contributed by atoms with Gasteiger partial charge in [0, 0.05) is 11.1 Å². The normalized spacial score (nSPS) is 12.6. The minimum Gasteiger partial charge on any atom is -0.305 e. The van der Waals surface area contributed by atoms with Gasteiger partial charge in [0.1, 0.15) is 0 Å². The first-order valence-corrected chi connectivity index (χ1v) is 7.37. The Morgan fingerprint density at radius 3 is 2.78 bits per heavy atom.